The number of likely N-dealkylation sites (tertiary alicyclic amines) is 1. The number of methoxy groups -OCH3 is 1. The first-order chi connectivity index (χ1) is 9.63. The summed E-state index contributed by atoms with van der Waals surface area (Å²) in [4.78, 5) is 2.56. The van der Waals surface area contributed by atoms with Crippen LogP contribution >= 0.6 is 0 Å². The Morgan fingerprint density at radius 1 is 1.45 bits per heavy atom. The highest BCUT2D eigenvalue weighted by Gasteiger charge is 2.24. The molecule has 3 heteroatoms. The van der Waals surface area contributed by atoms with Crippen molar-refractivity contribution in [3.63, 3.8) is 0 Å². The Labute approximate surface area is 123 Å². The highest BCUT2D eigenvalue weighted by Crippen LogP contribution is 2.28. The standard InChI is InChI=1S/C17H28N2O/c1-5-19-10-6-7-15(12-19)14(3)18-16-11-13(2)8-9-17(16)20-4/h8-9,11,14-15,18H,5-7,10,12H2,1-4H3. The molecule has 2 unspecified atom stereocenters. The van der Waals surface area contributed by atoms with Crippen LogP contribution in [0.3, 0.4) is 0 Å². The van der Waals surface area contributed by atoms with E-state index in [9.17, 15) is 0 Å². The number of rotatable bonds is 5. The van der Waals surface area contributed by atoms with E-state index in [-0.39, 0.29) is 0 Å². The predicted molar refractivity (Wildman–Crippen MR) is 85.7 cm³/mol. The lowest BCUT2D eigenvalue weighted by Gasteiger charge is -2.36. The summed E-state index contributed by atoms with van der Waals surface area (Å²) in [6, 6.07) is 6.79. The van der Waals surface area contributed by atoms with Gasteiger partial charge in [-0.15, -0.1) is 0 Å². The van der Waals surface area contributed by atoms with Crippen LogP contribution in [-0.4, -0.2) is 37.7 Å². The summed E-state index contributed by atoms with van der Waals surface area (Å²) in [5.74, 6) is 1.65. The second kappa shape index (κ2) is 6.98. The zero-order valence-corrected chi connectivity index (χ0v) is 13.3. The molecule has 3 nitrogen and oxygen atoms in total. The maximum absolute atomic E-state index is 5.46. The topological polar surface area (TPSA) is 24.5 Å². The van der Waals surface area contributed by atoms with Crippen LogP contribution in [0.1, 0.15) is 32.3 Å². The molecular formula is C17H28N2O. The quantitative estimate of drug-likeness (QED) is 0.890. The molecule has 0 spiro atoms. The van der Waals surface area contributed by atoms with Gasteiger partial charge in [-0.25, -0.2) is 0 Å². The summed E-state index contributed by atoms with van der Waals surface area (Å²) in [6.45, 7) is 10.3. The average Bonchev–Trinajstić information content (AvgIpc) is 2.47. The third kappa shape index (κ3) is 3.66. The van der Waals surface area contributed by atoms with Crippen LogP contribution in [0, 0.1) is 12.8 Å². The zero-order valence-electron chi connectivity index (χ0n) is 13.3. The van der Waals surface area contributed by atoms with Crippen LogP contribution in [0.25, 0.3) is 0 Å². The molecule has 0 saturated carbocycles. The number of hydrogen-bond donors (Lipinski definition) is 1. The van der Waals surface area contributed by atoms with Crippen molar-refractivity contribution in [3.8, 4) is 5.75 Å². The highest BCUT2D eigenvalue weighted by atomic mass is 16.5. The number of ether oxygens (including phenoxy) is 1. The van der Waals surface area contributed by atoms with Gasteiger partial charge in [0.1, 0.15) is 5.75 Å². The first-order valence-corrected chi connectivity index (χ1v) is 7.77. The van der Waals surface area contributed by atoms with E-state index < -0.39 is 0 Å². The van der Waals surface area contributed by atoms with E-state index >= 15 is 0 Å². The Balaban J connectivity index is 2.03. The molecule has 112 valence electrons. The third-order valence-electron chi connectivity index (χ3n) is 4.43. The van der Waals surface area contributed by atoms with Crippen molar-refractivity contribution in [3.05, 3.63) is 23.8 Å². The van der Waals surface area contributed by atoms with Crippen LogP contribution in [0.15, 0.2) is 18.2 Å². The fourth-order valence-corrected chi connectivity index (χ4v) is 3.08. The van der Waals surface area contributed by atoms with Crippen molar-refractivity contribution in [2.24, 2.45) is 5.92 Å². The van der Waals surface area contributed by atoms with Gasteiger partial charge < -0.3 is 15.0 Å². The summed E-state index contributed by atoms with van der Waals surface area (Å²) in [5.41, 5.74) is 2.38. The van der Waals surface area contributed by atoms with E-state index in [4.69, 9.17) is 4.74 Å². The van der Waals surface area contributed by atoms with Gasteiger partial charge in [0, 0.05) is 12.6 Å². The fraction of sp³-hybridized carbons (Fsp3) is 0.647. The minimum Gasteiger partial charge on any atom is -0.495 e. The zero-order chi connectivity index (χ0) is 14.5. The number of nitrogens with zero attached hydrogens (tertiary/aromatic N) is 1. The van der Waals surface area contributed by atoms with Gasteiger partial charge in [-0.05, 0) is 63.4 Å². The molecule has 0 amide bonds. The van der Waals surface area contributed by atoms with Crippen LogP contribution in [0.2, 0.25) is 0 Å². The van der Waals surface area contributed by atoms with Gasteiger partial charge in [0.15, 0.2) is 0 Å². The molecule has 1 aliphatic rings. The smallest absolute Gasteiger partial charge is 0.141 e. The molecule has 1 aromatic carbocycles. The van der Waals surface area contributed by atoms with Gasteiger partial charge in [-0.2, -0.15) is 0 Å². The van der Waals surface area contributed by atoms with Gasteiger partial charge in [0.25, 0.3) is 0 Å². The molecule has 1 aliphatic heterocycles. The molecular weight excluding hydrogens is 248 g/mol. The average molecular weight is 276 g/mol. The number of anilines is 1. The van der Waals surface area contributed by atoms with E-state index in [1.165, 1.54) is 31.5 Å². The number of piperidine rings is 1. The monoisotopic (exact) mass is 276 g/mol. The maximum Gasteiger partial charge on any atom is 0.141 e. The fourth-order valence-electron chi connectivity index (χ4n) is 3.08. The number of hydrogen-bond acceptors (Lipinski definition) is 3. The van der Waals surface area contributed by atoms with Crippen molar-refractivity contribution in [2.45, 2.75) is 39.7 Å². The summed E-state index contributed by atoms with van der Waals surface area (Å²) < 4.78 is 5.46. The molecule has 2 atom stereocenters. The lowest BCUT2D eigenvalue weighted by atomic mass is 9.91. The minimum atomic E-state index is 0.472. The summed E-state index contributed by atoms with van der Waals surface area (Å²) in [6.07, 6.45) is 2.63. The third-order valence-corrected chi connectivity index (χ3v) is 4.43. The second-order valence-corrected chi connectivity index (χ2v) is 5.93. The Kier molecular flexibility index (Phi) is 5.30. The molecule has 1 fully saturated rings. The molecule has 1 heterocycles. The summed E-state index contributed by atoms with van der Waals surface area (Å²) in [5, 5.41) is 3.66. The van der Waals surface area contributed by atoms with Gasteiger partial charge >= 0.3 is 0 Å². The first kappa shape index (κ1) is 15.2. The molecule has 0 radical (unpaired) electrons. The molecule has 0 bridgehead atoms. The Bertz CT molecular complexity index is 433. The van der Waals surface area contributed by atoms with E-state index in [2.05, 4.69) is 43.1 Å². The van der Waals surface area contributed by atoms with Gasteiger partial charge in [0.2, 0.25) is 0 Å². The van der Waals surface area contributed by atoms with Crippen LogP contribution in [-0.2, 0) is 0 Å². The number of nitrogens with one attached hydrogen (secondary N) is 1. The van der Waals surface area contributed by atoms with Gasteiger partial charge in [-0.1, -0.05) is 13.0 Å². The second-order valence-electron chi connectivity index (χ2n) is 5.93. The number of aryl methyl sites for hydroxylation is 1. The molecule has 1 aromatic rings. The van der Waals surface area contributed by atoms with E-state index in [0.29, 0.717) is 12.0 Å². The summed E-state index contributed by atoms with van der Waals surface area (Å²) >= 11 is 0. The molecule has 1 saturated heterocycles. The van der Waals surface area contributed by atoms with Crippen molar-refractivity contribution >= 4 is 5.69 Å². The predicted octanol–water partition coefficient (Wildman–Crippen LogP) is 3.54. The first-order valence-electron chi connectivity index (χ1n) is 7.77. The Hall–Kier alpha value is -1.22. The molecule has 2 rings (SSSR count). The largest absolute Gasteiger partial charge is 0.495 e. The molecule has 0 aromatic heterocycles. The van der Waals surface area contributed by atoms with Crippen molar-refractivity contribution < 1.29 is 4.74 Å². The lowest BCUT2D eigenvalue weighted by Crippen LogP contribution is -2.41. The minimum absolute atomic E-state index is 0.472. The van der Waals surface area contributed by atoms with E-state index in [1.54, 1.807) is 7.11 Å². The highest BCUT2D eigenvalue weighted by molar-refractivity contribution is 5.58. The van der Waals surface area contributed by atoms with Crippen molar-refractivity contribution in [1.29, 1.82) is 0 Å². The van der Waals surface area contributed by atoms with Gasteiger partial charge in [-0.3, -0.25) is 0 Å². The molecule has 20 heavy (non-hydrogen) atoms. The van der Waals surface area contributed by atoms with Crippen LogP contribution < -0.4 is 10.1 Å². The molecule has 1 N–H and O–H groups in total. The molecule has 0 aliphatic carbocycles. The SMILES string of the molecule is CCN1CCCC(C(C)Nc2cc(C)ccc2OC)C1. The Morgan fingerprint density at radius 3 is 2.95 bits per heavy atom. The van der Waals surface area contributed by atoms with Gasteiger partial charge in [0.05, 0.1) is 12.8 Å². The normalized spacial score (nSPS) is 21.5. The maximum atomic E-state index is 5.46. The van der Waals surface area contributed by atoms with E-state index in [0.717, 1.165) is 18.0 Å². The van der Waals surface area contributed by atoms with Crippen LogP contribution in [0.4, 0.5) is 5.69 Å². The summed E-state index contributed by atoms with van der Waals surface area (Å²) in [7, 11) is 1.74. The number of benzene rings is 1. The van der Waals surface area contributed by atoms with Crippen LogP contribution in [0.5, 0.6) is 5.75 Å². The Morgan fingerprint density at radius 2 is 2.25 bits per heavy atom. The lowest BCUT2D eigenvalue weighted by molar-refractivity contribution is 0.172. The van der Waals surface area contributed by atoms with Crippen molar-refractivity contribution in [1.82, 2.24) is 4.90 Å². The van der Waals surface area contributed by atoms with E-state index in [1.807, 2.05) is 6.07 Å². The van der Waals surface area contributed by atoms with Crippen molar-refractivity contribution in [2.75, 3.05) is 32.1 Å².